The summed E-state index contributed by atoms with van der Waals surface area (Å²) in [5, 5.41) is 12.8. The Hall–Kier alpha value is -1.39. The fourth-order valence-electron chi connectivity index (χ4n) is 3.03. The summed E-state index contributed by atoms with van der Waals surface area (Å²) in [7, 11) is 0. The molecule has 0 aliphatic heterocycles. The van der Waals surface area contributed by atoms with Gasteiger partial charge in [0.25, 0.3) is 0 Å². The van der Waals surface area contributed by atoms with E-state index >= 15 is 0 Å². The number of rotatable bonds is 6. The monoisotopic (exact) mass is 276 g/mol. The molecule has 1 aromatic carbocycles. The quantitative estimate of drug-likeness (QED) is 0.740. The van der Waals surface area contributed by atoms with Gasteiger partial charge in [-0.1, -0.05) is 25.0 Å². The first-order chi connectivity index (χ1) is 9.70. The van der Waals surface area contributed by atoms with Crippen LogP contribution in [0.2, 0.25) is 0 Å². The van der Waals surface area contributed by atoms with E-state index in [1.54, 1.807) is 6.07 Å². The highest BCUT2D eigenvalue weighted by Gasteiger charge is 2.23. The lowest BCUT2D eigenvalue weighted by Crippen LogP contribution is -2.32. The molecule has 1 amide bonds. The van der Waals surface area contributed by atoms with Gasteiger partial charge in [-0.25, -0.2) is 0 Å². The van der Waals surface area contributed by atoms with E-state index < -0.39 is 0 Å². The third-order valence-corrected chi connectivity index (χ3v) is 4.25. The number of aliphatic hydroxyl groups is 1. The van der Waals surface area contributed by atoms with Crippen molar-refractivity contribution in [3.8, 4) is 0 Å². The summed E-state index contributed by atoms with van der Waals surface area (Å²) in [6.45, 7) is 1.95. The van der Waals surface area contributed by atoms with Crippen molar-refractivity contribution in [1.29, 1.82) is 0 Å². The van der Waals surface area contributed by atoms with E-state index in [0.29, 0.717) is 24.0 Å². The number of hydrogen-bond donors (Lipinski definition) is 3. The lowest BCUT2D eigenvalue weighted by Gasteiger charge is -2.30. The molecule has 4 heteroatoms. The van der Waals surface area contributed by atoms with E-state index in [1.165, 1.54) is 19.3 Å². The first kappa shape index (κ1) is 15.0. The minimum absolute atomic E-state index is 0.295. The molecule has 1 fully saturated rings. The Bertz CT molecular complexity index is 448. The summed E-state index contributed by atoms with van der Waals surface area (Å²) in [5.74, 6) is 0.612. The van der Waals surface area contributed by atoms with Gasteiger partial charge in [0, 0.05) is 18.7 Å². The van der Waals surface area contributed by atoms with E-state index in [4.69, 9.17) is 5.73 Å². The Morgan fingerprint density at radius 1 is 1.30 bits per heavy atom. The van der Waals surface area contributed by atoms with Gasteiger partial charge < -0.3 is 16.2 Å². The van der Waals surface area contributed by atoms with Crippen LogP contribution in [0.1, 0.15) is 41.6 Å². The molecule has 0 heterocycles. The number of benzene rings is 1. The highest BCUT2D eigenvalue weighted by atomic mass is 16.3. The second kappa shape index (κ2) is 7.41. The molecule has 0 radical (unpaired) electrons. The van der Waals surface area contributed by atoms with Gasteiger partial charge in [0.15, 0.2) is 0 Å². The Morgan fingerprint density at radius 3 is 2.75 bits per heavy atom. The van der Waals surface area contributed by atoms with Crippen molar-refractivity contribution in [2.24, 2.45) is 17.6 Å². The van der Waals surface area contributed by atoms with Gasteiger partial charge in [-0.15, -0.1) is 0 Å². The molecule has 0 bridgehead atoms. The molecule has 20 heavy (non-hydrogen) atoms. The van der Waals surface area contributed by atoms with Crippen LogP contribution in [0.25, 0.3) is 0 Å². The van der Waals surface area contributed by atoms with Crippen molar-refractivity contribution in [3.05, 3.63) is 35.4 Å². The van der Waals surface area contributed by atoms with E-state index in [0.717, 1.165) is 25.1 Å². The van der Waals surface area contributed by atoms with Crippen LogP contribution < -0.4 is 11.1 Å². The van der Waals surface area contributed by atoms with Gasteiger partial charge in [-0.2, -0.15) is 0 Å². The van der Waals surface area contributed by atoms with E-state index in [2.05, 4.69) is 5.32 Å². The smallest absolute Gasteiger partial charge is 0.248 e. The minimum Gasteiger partial charge on any atom is -0.396 e. The maximum absolute atomic E-state index is 11.1. The van der Waals surface area contributed by atoms with Crippen LogP contribution in [0.5, 0.6) is 0 Å². The second-order valence-electron chi connectivity index (χ2n) is 5.68. The molecule has 1 aliphatic carbocycles. The lowest BCUT2D eigenvalue weighted by molar-refractivity contribution is 0.1000. The maximum atomic E-state index is 11.1. The molecule has 2 rings (SSSR count). The maximum Gasteiger partial charge on any atom is 0.248 e. The molecule has 2 unspecified atom stereocenters. The summed E-state index contributed by atoms with van der Waals surface area (Å²) < 4.78 is 0. The zero-order valence-corrected chi connectivity index (χ0v) is 11.8. The minimum atomic E-state index is -0.389. The Balaban J connectivity index is 1.83. The van der Waals surface area contributed by atoms with Crippen LogP contribution in [0.15, 0.2) is 24.3 Å². The summed E-state index contributed by atoms with van der Waals surface area (Å²) in [6.07, 6.45) is 4.84. The summed E-state index contributed by atoms with van der Waals surface area (Å²) in [5.41, 5.74) is 6.90. The average molecular weight is 276 g/mol. The first-order valence-corrected chi connectivity index (χ1v) is 7.41. The topological polar surface area (TPSA) is 75.4 Å². The molecule has 110 valence electrons. The predicted molar refractivity (Wildman–Crippen MR) is 79.2 cm³/mol. The van der Waals surface area contributed by atoms with Crippen molar-refractivity contribution >= 4 is 5.91 Å². The van der Waals surface area contributed by atoms with Crippen molar-refractivity contribution in [2.75, 3.05) is 13.2 Å². The van der Waals surface area contributed by atoms with Crippen molar-refractivity contribution in [3.63, 3.8) is 0 Å². The number of nitrogens with one attached hydrogen (secondary N) is 1. The molecule has 1 aliphatic rings. The SMILES string of the molecule is NC(=O)c1cccc(CNCC2CCCCC2CO)c1. The van der Waals surface area contributed by atoms with Crippen LogP contribution in [0, 0.1) is 11.8 Å². The predicted octanol–water partition coefficient (Wildman–Crippen LogP) is 1.67. The first-order valence-electron chi connectivity index (χ1n) is 7.41. The van der Waals surface area contributed by atoms with Crippen molar-refractivity contribution in [2.45, 2.75) is 32.2 Å². The third-order valence-electron chi connectivity index (χ3n) is 4.25. The number of carbonyl (C=O) groups excluding carboxylic acids is 1. The fraction of sp³-hybridized carbons (Fsp3) is 0.562. The highest BCUT2D eigenvalue weighted by Crippen LogP contribution is 2.29. The molecule has 1 aromatic rings. The fourth-order valence-corrected chi connectivity index (χ4v) is 3.03. The van der Waals surface area contributed by atoms with Gasteiger partial charge in [-0.05, 0) is 48.9 Å². The Labute approximate surface area is 120 Å². The Morgan fingerprint density at radius 2 is 2.05 bits per heavy atom. The third kappa shape index (κ3) is 4.05. The number of hydrogen-bond acceptors (Lipinski definition) is 3. The van der Waals surface area contributed by atoms with Gasteiger partial charge >= 0.3 is 0 Å². The van der Waals surface area contributed by atoms with Gasteiger partial charge in [0.1, 0.15) is 0 Å². The number of carbonyl (C=O) groups is 1. The van der Waals surface area contributed by atoms with E-state index in [9.17, 15) is 9.90 Å². The molecule has 0 spiro atoms. The van der Waals surface area contributed by atoms with Crippen LogP contribution in [0.3, 0.4) is 0 Å². The van der Waals surface area contributed by atoms with Crippen molar-refractivity contribution in [1.82, 2.24) is 5.32 Å². The lowest BCUT2D eigenvalue weighted by atomic mass is 9.79. The van der Waals surface area contributed by atoms with E-state index in [1.807, 2.05) is 18.2 Å². The zero-order chi connectivity index (χ0) is 14.4. The van der Waals surface area contributed by atoms with Crippen LogP contribution in [0.4, 0.5) is 0 Å². The number of amides is 1. The second-order valence-corrected chi connectivity index (χ2v) is 5.68. The largest absolute Gasteiger partial charge is 0.396 e. The molecular formula is C16H24N2O2. The number of nitrogens with two attached hydrogens (primary N) is 1. The molecular weight excluding hydrogens is 252 g/mol. The van der Waals surface area contributed by atoms with Crippen LogP contribution >= 0.6 is 0 Å². The summed E-state index contributed by atoms with van der Waals surface area (Å²) in [6, 6.07) is 7.41. The Kier molecular flexibility index (Phi) is 5.56. The average Bonchev–Trinajstić information content (AvgIpc) is 2.48. The molecule has 0 aromatic heterocycles. The standard InChI is InChI=1S/C16H24N2O2/c17-16(20)13-7-3-4-12(8-13)9-18-10-14-5-1-2-6-15(14)11-19/h3-4,7-8,14-15,18-19H,1-2,5-6,9-11H2,(H2,17,20). The van der Waals surface area contributed by atoms with E-state index in [-0.39, 0.29) is 5.91 Å². The zero-order valence-electron chi connectivity index (χ0n) is 11.8. The van der Waals surface area contributed by atoms with Gasteiger partial charge in [0.05, 0.1) is 0 Å². The summed E-state index contributed by atoms with van der Waals surface area (Å²) in [4.78, 5) is 11.1. The van der Waals surface area contributed by atoms with Crippen LogP contribution in [-0.2, 0) is 6.54 Å². The van der Waals surface area contributed by atoms with Gasteiger partial charge in [0.2, 0.25) is 5.91 Å². The molecule has 4 nitrogen and oxygen atoms in total. The normalized spacial score (nSPS) is 22.6. The molecule has 4 N–H and O–H groups in total. The molecule has 0 saturated heterocycles. The summed E-state index contributed by atoms with van der Waals surface area (Å²) >= 11 is 0. The number of aliphatic hydroxyl groups excluding tert-OH is 1. The van der Waals surface area contributed by atoms with Gasteiger partial charge in [-0.3, -0.25) is 4.79 Å². The number of primary amides is 1. The van der Waals surface area contributed by atoms with Crippen molar-refractivity contribution < 1.29 is 9.90 Å². The molecule has 2 atom stereocenters. The molecule has 1 saturated carbocycles. The highest BCUT2D eigenvalue weighted by molar-refractivity contribution is 5.92. The van der Waals surface area contributed by atoms with Crippen LogP contribution in [-0.4, -0.2) is 24.2 Å².